The maximum Gasteiger partial charge on any atom is 0.155 e. The topological polar surface area (TPSA) is 49.8 Å². The SMILES string of the molecule is N#CCc1csc2ccc(N)c(F)c12. The van der Waals surface area contributed by atoms with E-state index in [0.29, 0.717) is 5.39 Å². The van der Waals surface area contributed by atoms with Gasteiger partial charge in [-0.05, 0) is 23.1 Å². The van der Waals surface area contributed by atoms with Crippen LogP contribution in [0.15, 0.2) is 17.5 Å². The molecule has 2 rings (SSSR count). The summed E-state index contributed by atoms with van der Waals surface area (Å²) in [7, 11) is 0. The average Bonchev–Trinajstić information content (AvgIpc) is 2.57. The van der Waals surface area contributed by atoms with Gasteiger partial charge >= 0.3 is 0 Å². The number of hydrogen-bond donors (Lipinski definition) is 1. The van der Waals surface area contributed by atoms with E-state index in [4.69, 9.17) is 11.0 Å². The molecule has 0 saturated carbocycles. The van der Waals surface area contributed by atoms with Crippen LogP contribution in [0.2, 0.25) is 0 Å². The monoisotopic (exact) mass is 206 g/mol. The fourth-order valence-corrected chi connectivity index (χ4v) is 2.34. The number of benzene rings is 1. The molecule has 0 fully saturated rings. The molecule has 1 heterocycles. The molecular weight excluding hydrogens is 199 g/mol. The molecule has 14 heavy (non-hydrogen) atoms. The summed E-state index contributed by atoms with van der Waals surface area (Å²) in [5.41, 5.74) is 6.31. The maximum atomic E-state index is 13.6. The predicted octanol–water partition coefficient (Wildman–Crippen LogP) is 2.69. The van der Waals surface area contributed by atoms with Crippen molar-refractivity contribution < 1.29 is 4.39 Å². The van der Waals surface area contributed by atoms with Gasteiger partial charge in [-0.3, -0.25) is 0 Å². The zero-order valence-electron chi connectivity index (χ0n) is 7.25. The third kappa shape index (κ3) is 1.22. The number of nitrogens with zero attached hydrogens (tertiary/aromatic N) is 1. The molecule has 0 aliphatic rings. The van der Waals surface area contributed by atoms with Crippen molar-refractivity contribution in [2.45, 2.75) is 6.42 Å². The molecule has 2 nitrogen and oxygen atoms in total. The quantitative estimate of drug-likeness (QED) is 0.729. The van der Waals surface area contributed by atoms with E-state index in [9.17, 15) is 4.39 Å². The molecule has 2 aromatic rings. The third-order valence-corrected chi connectivity index (χ3v) is 3.05. The van der Waals surface area contributed by atoms with Gasteiger partial charge in [-0.2, -0.15) is 5.26 Å². The van der Waals surface area contributed by atoms with Gasteiger partial charge in [-0.15, -0.1) is 11.3 Å². The highest BCUT2D eigenvalue weighted by Gasteiger charge is 2.10. The minimum Gasteiger partial charge on any atom is -0.396 e. The van der Waals surface area contributed by atoms with Crippen molar-refractivity contribution in [1.29, 1.82) is 5.26 Å². The van der Waals surface area contributed by atoms with Crippen LogP contribution in [0, 0.1) is 17.1 Å². The van der Waals surface area contributed by atoms with Crippen molar-refractivity contribution in [3.8, 4) is 6.07 Å². The van der Waals surface area contributed by atoms with Gasteiger partial charge in [0.05, 0.1) is 18.2 Å². The van der Waals surface area contributed by atoms with Gasteiger partial charge in [-0.25, -0.2) is 4.39 Å². The second-order valence-electron chi connectivity index (χ2n) is 2.94. The summed E-state index contributed by atoms with van der Waals surface area (Å²) in [5.74, 6) is -0.408. The minimum atomic E-state index is -0.408. The summed E-state index contributed by atoms with van der Waals surface area (Å²) in [6.45, 7) is 0. The van der Waals surface area contributed by atoms with Crippen molar-refractivity contribution in [2.24, 2.45) is 0 Å². The first kappa shape index (κ1) is 8.97. The van der Waals surface area contributed by atoms with Crippen LogP contribution in [0.4, 0.5) is 10.1 Å². The molecule has 0 radical (unpaired) electrons. The van der Waals surface area contributed by atoms with Crippen LogP contribution in [0.25, 0.3) is 10.1 Å². The Kier molecular flexibility index (Phi) is 2.10. The molecule has 0 unspecified atom stereocenters. The van der Waals surface area contributed by atoms with E-state index in [1.807, 2.05) is 6.07 Å². The van der Waals surface area contributed by atoms with Gasteiger partial charge < -0.3 is 5.73 Å². The van der Waals surface area contributed by atoms with Crippen molar-refractivity contribution >= 4 is 27.1 Å². The lowest BCUT2D eigenvalue weighted by molar-refractivity contribution is 0.644. The van der Waals surface area contributed by atoms with E-state index >= 15 is 0 Å². The summed E-state index contributed by atoms with van der Waals surface area (Å²) < 4.78 is 14.4. The highest BCUT2D eigenvalue weighted by Crippen LogP contribution is 2.31. The van der Waals surface area contributed by atoms with Crippen LogP contribution >= 0.6 is 11.3 Å². The fraction of sp³-hybridized carbons (Fsp3) is 0.100. The number of anilines is 1. The number of nitrogen functional groups attached to an aromatic ring is 1. The van der Waals surface area contributed by atoms with Crippen molar-refractivity contribution in [3.05, 3.63) is 28.9 Å². The molecular formula is C10H7FN2S. The van der Waals surface area contributed by atoms with Crippen LogP contribution in [-0.2, 0) is 6.42 Å². The Morgan fingerprint density at radius 3 is 3.00 bits per heavy atom. The number of nitrogens with two attached hydrogens (primary N) is 1. The van der Waals surface area contributed by atoms with Gasteiger partial charge in [0, 0.05) is 10.1 Å². The number of hydrogen-bond acceptors (Lipinski definition) is 3. The second kappa shape index (κ2) is 3.28. The van der Waals surface area contributed by atoms with Gasteiger partial charge in [0.2, 0.25) is 0 Å². The van der Waals surface area contributed by atoms with Crippen LogP contribution in [0.3, 0.4) is 0 Å². The summed E-state index contributed by atoms with van der Waals surface area (Å²) in [6.07, 6.45) is 0.223. The summed E-state index contributed by atoms with van der Waals surface area (Å²) in [6, 6.07) is 5.33. The van der Waals surface area contributed by atoms with Crippen LogP contribution < -0.4 is 5.73 Å². The lowest BCUT2D eigenvalue weighted by Gasteiger charge is -1.99. The van der Waals surface area contributed by atoms with Crippen molar-refractivity contribution in [2.75, 3.05) is 5.73 Å². The Bertz CT molecular complexity index is 525. The molecule has 1 aromatic heterocycles. The van der Waals surface area contributed by atoms with Crippen LogP contribution in [-0.4, -0.2) is 0 Å². The normalized spacial score (nSPS) is 10.3. The molecule has 1 aromatic carbocycles. The lowest BCUT2D eigenvalue weighted by Crippen LogP contribution is -1.91. The highest BCUT2D eigenvalue weighted by molar-refractivity contribution is 7.17. The lowest BCUT2D eigenvalue weighted by atomic mass is 10.1. The van der Waals surface area contributed by atoms with Crippen LogP contribution in [0.1, 0.15) is 5.56 Å². The average molecular weight is 206 g/mol. The standard InChI is InChI=1S/C10H7FN2S/c11-10-7(13)1-2-8-9(10)6(3-4-12)5-14-8/h1-2,5H,3,13H2. The Morgan fingerprint density at radius 2 is 2.29 bits per heavy atom. The largest absolute Gasteiger partial charge is 0.396 e. The van der Waals surface area contributed by atoms with Crippen molar-refractivity contribution in [1.82, 2.24) is 0 Å². The Balaban J connectivity index is 2.77. The number of fused-ring (bicyclic) bond motifs is 1. The van der Waals surface area contributed by atoms with E-state index in [0.717, 1.165) is 10.3 Å². The van der Waals surface area contributed by atoms with E-state index in [1.54, 1.807) is 17.5 Å². The smallest absolute Gasteiger partial charge is 0.155 e. The highest BCUT2D eigenvalue weighted by atomic mass is 32.1. The van der Waals surface area contributed by atoms with Gasteiger partial charge in [0.1, 0.15) is 0 Å². The maximum absolute atomic E-state index is 13.6. The number of nitriles is 1. The minimum absolute atomic E-state index is 0.134. The van der Waals surface area contributed by atoms with Gasteiger partial charge in [0.15, 0.2) is 5.82 Å². The molecule has 0 saturated heterocycles. The Hall–Kier alpha value is -1.60. The molecule has 0 aliphatic heterocycles. The van der Waals surface area contributed by atoms with Gasteiger partial charge in [0.25, 0.3) is 0 Å². The zero-order valence-corrected chi connectivity index (χ0v) is 8.07. The predicted molar refractivity (Wildman–Crippen MR) is 55.5 cm³/mol. The van der Waals surface area contributed by atoms with E-state index in [1.165, 1.54) is 11.3 Å². The van der Waals surface area contributed by atoms with E-state index < -0.39 is 5.82 Å². The van der Waals surface area contributed by atoms with Gasteiger partial charge in [-0.1, -0.05) is 0 Å². The molecule has 4 heteroatoms. The molecule has 0 atom stereocenters. The molecule has 0 bridgehead atoms. The molecule has 0 amide bonds. The molecule has 0 spiro atoms. The molecule has 0 aliphatic carbocycles. The third-order valence-electron chi connectivity index (χ3n) is 2.05. The van der Waals surface area contributed by atoms with E-state index in [2.05, 4.69) is 0 Å². The number of halogens is 1. The van der Waals surface area contributed by atoms with Crippen molar-refractivity contribution in [3.63, 3.8) is 0 Å². The Labute approximate surface area is 84.4 Å². The summed E-state index contributed by atoms with van der Waals surface area (Å²) in [4.78, 5) is 0. The number of thiophene rings is 1. The fourth-order valence-electron chi connectivity index (χ4n) is 1.38. The number of rotatable bonds is 1. The summed E-state index contributed by atoms with van der Waals surface area (Å²) >= 11 is 1.43. The second-order valence-corrected chi connectivity index (χ2v) is 3.85. The molecule has 70 valence electrons. The zero-order chi connectivity index (χ0) is 10.1. The first-order valence-electron chi connectivity index (χ1n) is 4.05. The van der Waals surface area contributed by atoms with Crippen LogP contribution in [0.5, 0.6) is 0 Å². The first-order valence-corrected chi connectivity index (χ1v) is 4.93. The Morgan fingerprint density at radius 1 is 1.50 bits per heavy atom. The van der Waals surface area contributed by atoms with E-state index in [-0.39, 0.29) is 12.1 Å². The first-order chi connectivity index (χ1) is 6.74. The molecule has 2 N–H and O–H groups in total. The summed E-state index contributed by atoms with van der Waals surface area (Å²) in [5, 5.41) is 10.9.